The van der Waals surface area contributed by atoms with Gasteiger partial charge in [0.2, 0.25) is 0 Å². The Bertz CT molecular complexity index is 422. The van der Waals surface area contributed by atoms with Crippen molar-refractivity contribution >= 4 is 11.3 Å². The van der Waals surface area contributed by atoms with Crippen LogP contribution < -0.4 is 5.73 Å². The molecule has 1 aromatic rings. The first-order valence-electron chi connectivity index (χ1n) is 7.22. The summed E-state index contributed by atoms with van der Waals surface area (Å²) in [5.41, 5.74) is 7.59. The van der Waals surface area contributed by atoms with Crippen molar-refractivity contribution in [3.05, 3.63) is 16.1 Å². The summed E-state index contributed by atoms with van der Waals surface area (Å²) in [6.07, 6.45) is 4.32. The van der Waals surface area contributed by atoms with Crippen LogP contribution in [0.3, 0.4) is 0 Å². The molecule has 0 aromatic carbocycles. The summed E-state index contributed by atoms with van der Waals surface area (Å²) in [6, 6.07) is 0. The molecule has 108 valence electrons. The number of hydrogen-bond acceptors (Lipinski definition) is 4. The van der Waals surface area contributed by atoms with Crippen LogP contribution in [0.25, 0.3) is 0 Å². The number of nitrogens with two attached hydrogens (primary N) is 1. The zero-order chi connectivity index (χ0) is 14.1. The molecule has 2 atom stereocenters. The first kappa shape index (κ1) is 14.9. The Kier molecular flexibility index (Phi) is 4.33. The van der Waals surface area contributed by atoms with Crippen molar-refractivity contribution in [3.63, 3.8) is 0 Å². The summed E-state index contributed by atoms with van der Waals surface area (Å²) in [7, 11) is 0. The fourth-order valence-corrected chi connectivity index (χ4v) is 3.72. The van der Waals surface area contributed by atoms with Crippen LogP contribution in [0.5, 0.6) is 0 Å². The van der Waals surface area contributed by atoms with Gasteiger partial charge in [0.1, 0.15) is 5.01 Å². The smallest absolute Gasteiger partial charge is 0.113 e. The van der Waals surface area contributed by atoms with Crippen LogP contribution >= 0.6 is 11.3 Å². The molecule has 1 aromatic heterocycles. The lowest BCUT2D eigenvalue weighted by Gasteiger charge is -2.36. The Morgan fingerprint density at radius 2 is 2.26 bits per heavy atom. The number of aromatic nitrogens is 1. The lowest BCUT2D eigenvalue weighted by molar-refractivity contribution is -0.0242. The highest BCUT2D eigenvalue weighted by molar-refractivity contribution is 7.09. The summed E-state index contributed by atoms with van der Waals surface area (Å²) in [5.74, 6) is 0. The van der Waals surface area contributed by atoms with E-state index in [9.17, 15) is 0 Å². The quantitative estimate of drug-likeness (QED) is 0.922. The van der Waals surface area contributed by atoms with Crippen LogP contribution in [0.2, 0.25) is 0 Å². The van der Waals surface area contributed by atoms with E-state index in [0.29, 0.717) is 6.10 Å². The van der Waals surface area contributed by atoms with E-state index in [1.54, 1.807) is 11.3 Å². The molecule has 1 aliphatic rings. The van der Waals surface area contributed by atoms with Crippen LogP contribution in [0, 0.1) is 0 Å². The average molecular weight is 282 g/mol. The van der Waals surface area contributed by atoms with Gasteiger partial charge < -0.3 is 10.5 Å². The molecule has 0 amide bonds. The molecule has 2 heterocycles. The van der Waals surface area contributed by atoms with E-state index < -0.39 is 0 Å². The molecule has 1 saturated heterocycles. The maximum Gasteiger partial charge on any atom is 0.113 e. The molecule has 0 spiro atoms. The van der Waals surface area contributed by atoms with Gasteiger partial charge in [-0.1, -0.05) is 34.1 Å². The first-order valence-corrected chi connectivity index (χ1v) is 8.10. The maximum absolute atomic E-state index is 6.63. The van der Waals surface area contributed by atoms with E-state index in [1.165, 1.54) is 0 Å². The monoisotopic (exact) mass is 282 g/mol. The average Bonchev–Trinajstić information content (AvgIpc) is 2.79. The predicted octanol–water partition coefficient (Wildman–Crippen LogP) is 3.57. The van der Waals surface area contributed by atoms with Crippen molar-refractivity contribution in [2.75, 3.05) is 6.61 Å². The van der Waals surface area contributed by atoms with Gasteiger partial charge >= 0.3 is 0 Å². The fourth-order valence-electron chi connectivity index (χ4n) is 2.52. The second-order valence-electron chi connectivity index (χ2n) is 6.68. The molecule has 0 bridgehead atoms. The largest absolute Gasteiger partial charge is 0.378 e. The van der Waals surface area contributed by atoms with Crippen LogP contribution in [0.1, 0.15) is 64.1 Å². The van der Waals surface area contributed by atoms with E-state index >= 15 is 0 Å². The van der Waals surface area contributed by atoms with Crippen molar-refractivity contribution in [3.8, 4) is 0 Å². The molecule has 4 heteroatoms. The van der Waals surface area contributed by atoms with E-state index in [4.69, 9.17) is 15.5 Å². The van der Waals surface area contributed by atoms with Crippen molar-refractivity contribution < 1.29 is 4.74 Å². The Hall–Kier alpha value is -0.450. The Labute approximate surface area is 120 Å². The number of nitrogens with zero attached hydrogens (tertiary/aromatic N) is 1. The Morgan fingerprint density at radius 1 is 1.53 bits per heavy atom. The van der Waals surface area contributed by atoms with Crippen LogP contribution in [-0.4, -0.2) is 17.7 Å². The third-order valence-electron chi connectivity index (χ3n) is 3.80. The molecule has 0 radical (unpaired) electrons. The molecular weight excluding hydrogens is 256 g/mol. The second kappa shape index (κ2) is 5.51. The van der Waals surface area contributed by atoms with E-state index in [-0.39, 0.29) is 11.0 Å². The summed E-state index contributed by atoms with van der Waals surface area (Å²) in [4.78, 5) is 4.81. The summed E-state index contributed by atoms with van der Waals surface area (Å²) < 4.78 is 5.81. The van der Waals surface area contributed by atoms with Gasteiger partial charge in [-0.05, 0) is 19.3 Å². The van der Waals surface area contributed by atoms with Crippen molar-refractivity contribution in [2.24, 2.45) is 5.73 Å². The van der Waals surface area contributed by atoms with E-state index in [2.05, 4.69) is 33.1 Å². The minimum atomic E-state index is -0.285. The van der Waals surface area contributed by atoms with Gasteiger partial charge in [-0.25, -0.2) is 4.98 Å². The normalized spacial score (nSPS) is 28.6. The third-order valence-corrected chi connectivity index (χ3v) is 4.87. The minimum absolute atomic E-state index is 0.0963. The van der Waals surface area contributed by atoms with Crippen molar-refractivity contribution in [1.82, 2.24) is 4.98 Å². The molecule has 2 unspecified atom stereocenters. The highest BCUT2D eigenvalue weighted by Crippen LogP contribution is 2.37. The predicted molar refractivity (Wildman–Crippen MR) is 80.6 cm³/mol. The zero-order valence-electron chi connectivity index (χ0n) is 12.5. The number of hydrogen-bond donors (Lipinski definition) is 1. The Balaban J connectivity index is 2.17. The molecule has 2 rings (SSSR count). The van der Waals surface area contributed by atoms with Crippen molar-refractivity contribution in [1.29, 1.82) is 0 Å². The lowest BCUT2D eigenvalue weighted by Crippen LogP contribution is -2.45. The molecule has 0 saturated carbocycles. The van der Waals surface area contributed by atoms with Crippen LogP contribution in [-0.2, 0) is 15.7 Å². The van der Waals surface area contributed by atoms with Gasteiger partial charge in [-0.2, -0.15) is 0 Å². The van der Waals surface area contributed by atoms with Gasteiger partial charge in [0.15, 0.2) is 0 Å². The molecule has 19 heavy (non-hydrogen) atoms. The number of ether oxygens (including phenoxy) is 1. The van der Waals surface area contributed by atoms with Crippen LogP contribution in [0.4, 0.5) is 0 Å². The highest BCUT2D eigenvalue weighted by atomic mass is 32.1. The third kappa shape index (κ3) is 3.36. The molecule has 1 aliphatic heterocycles. The first-order chi connectivity index (χ1) is 8.85. The standard InChI is InChI=1S/C15H26N2OS/c1-5-6-11-9-15(16,7-8-18-11)13-17-12(10-19-13)14(2,3)4/h10-11H,5-9,16H2,1-4H3. The topological polar surface area (TPSA) is 48.1 Å². The Morgan fingerprint density at radius 3 is 2.84 bits per heavy atom. The summed E-state index contributed by atoms with van der Waals surface area (Å²) in [5, 5.41) is 3.25. The fraction of sp³-hybridized carbons (Fsp3) is 0.800. The van der Waals surface area contributed by atoms with E-state index in [1.807, 2.05) is 0 Å². The molecule has 0 aliphatic carbocycles. The zero-order valence-corrected chi connectivity index (χ0v) is 13.3. The SMILES string of the molecule is CCCC1CC(N)(c2nc(C(C)(C)C)cs2)CCO1. The van der Waals surface area contributed by atoms with Gasteiger partial charge in [0.25, 0.3) is 0 Å². The van der Waals surface area contributed by atoms with Gasteiger partial charge in [0.05, 0.1) is 17.3 Å². The maximum atomic E-state index is 6.63. The second-order valence-corrected chi connectivity index (χ2v) is 7.54. The number of thiazole rings is 1. The molecular formula is C15H26N2OS. The minimum Gasteiger partial charge on any atom is -0.378 e. The van der Waals surface area contributed by atoms with E-state index in [0.717, 1.165) is 43.0 Å². The van der Waals surface area contributed by atoms with Gasteiger partial charge in [0, 0.05) is 17.4 Å². The molecule has 1 fully saturated rings. The number of rotatable bonds is 3. The van der Waals surface area contributed by atoms with Crippen molar-refractivity contribution in [2.45, 2.75) is 70.4 Å². The molecule has 3 nitrogen and oxygen atoms in total. The summed E-state index contributed by atoms with van der Waals surface area (Å²) in [6.45, 7) is 9.53. The lowest BCUT2D eigenvalue weighted by atomic mass is 9.86. The van der Waals surface area contributed by atoms with Gasteiger partial charge in [-0.3, -0.25) is 0 Å². The summed E-state index contributed by atoms with van der Waals surface area (Å²) >= 11 is 1.71. The molecule has 2 N–H and O–H groups in total. The van der Waals surface area contributed by atoms with Gasteiger partial charge in [-0.15, -0.1) is 11.3 Å². The van der Waals surface area contributed by atoms with Crippen LogP contribution in [0.15, 0.2) is 5.38 Å². The highest BCUT2D eigenvalue weighted by Gasteiger charge is 2.37.